The molecule has 0 radical (unpaired) electrons. The molecule has 2 aromatic rings. The topological polar surface area (TPSA) is 63.8 Å². The molecule has 4 nitrogen and oxygen atoms in total. The van der Waals surface area contributed by atoms with E-state index in [1.165, 1.54) is 0 Å². The summed E-state index contributed by atoms with van der Waals surface area (Å²) in [5.74, 6) is 5.56. The highest BCUT2D eigenvalue weighted by molar-refractivity contribution is 6.30. The van der Waals surface area contributed by atoms with E-state index in [0.717, 1.165) is 22.6 Å². The van der Waals surface area contributed by atoms with Gasteiger partial charge in [-0.3, -0.25) is 11.3 Å². The first-order valence-electron chi connectivity index (χ1n) is 5.27. The largest absolute Gasteiger partial charge is 0.271 e. The summed E-state index contributed by atoms with van der Waals surface area (Å²) in [5, 5.41) is 8.31. The average Bonchev–Trinajstić information content (AvgIpc) is 2.37. The van der Waals surface area contributed by atoms with E-state index in [9.17, 15) is 0 Å². The van der Waals surface area contributed by atoms with Gasteiger partial charge in [-0.25, -0.2) is 0 Å². The van der Waals surface area contributed by atoms with Crippen LogP contribution in [0, 0.1) is 0 Å². The zero-order valence-electron chi connectivity index (χ0n) is 9.18. The van der Waals surface area contributed by atoms with Crippen LogP contribution in [0.1, 0.15) is 17.2 Å². The van der Waals surface area contributed by atoms with Crippen molar-refractivity contribution >= 4 is 11.6 Å². The Morgan fingerprint density at radius 2 is 2.18 bits per heavy atom. The number of benzene rings is 1. The molecular formula is C12H13ClN4. The SMILES string of the molecule is NNC(Cc1cccc(Cl)c1)c1ccnnc1. The van der Waals surface area contributed by atoms with Gasteiger partial charge in [-0.05, 0) is 35.7 Å². The first-order chi connectivity index (χ1) is 8.29. The van der Waals surface area contributed by atoms with E-state index >= 15 is 0 Å². The Morgan fingerprint density at radius 3 is 2.82 bits per heavy atom. The first kappa shape index (κ1) is 12.0. The Labute approximate surface area is 105 Å². The fraction of sp³-hybridized carbons (Fsp3) is 0.167. The van der Waals surface area contributed by atoms with Crippen LogP contribution in [0.5, 0.6) is 0 Å². The molecule has 0 amide bonds. The minimum Gasteiger partial charge on any atom is -0.271 e. The lowest BCUT2D eigenvalue weighted by Crippen LogP contribution is -2.29. The first-order valence-corrected chi connectivity index (χ1v) is 5.64. The van der Waals surface area contributed by atoms with Gasteiger partial charge in [-0.15, -0.1) is 0 Å². The number of nitrogens with zero attached hydrogens (tertiary/aromatic N) is 2. The van der Waals surface area contributed by atoms with E-state index in [1.54, 1.807) is 12.4 Å². The summed E-state index contributed by atoms with van der Waals surface area (Å²) in [7, 11) is 0. The molecule has 1 aromatic carbocycles. The highest BCUT2D eigenvalue weighted by atomic mass is 35.5. The van der Waals surface area contributed by atoms with E-state index in [4.69, 9.17) is 17.4 Å². The number of rotatable bonds is 4. The predicted octanol–water partition coefficient (Wildman–Crippen LogP) is 1.88. The smallest absolute Gasteiger partial charge is 0.0544 e. The zero-order chi connectivity index (χ0) is 12.1. The normalized spacial score (nSPS) is 12.4. The van der Waals surface area contributed by atoms with Gasteiger partial charge in [0.15, 0.2) is 0 Å². The number of aromatic nitrogens is 2. The molecule has 3 N–H and O–H groups in total. The molecule has 0 spiro atoms. The van der Waals surface area contributed by atoms with Gasteiger partial charge in [0.25, 0.3) is 0 Å². The summed E-state index contributed by atoms with van der Waals surface area (Å²) in [6, 6.07) is 9.62. The minimum atomic E-state index is 0.00367. The number of halogens is 1. The third kappa shape index (κ3) is 3.23. The van der Waals surface area contributed by atoms with E-state index in [0.29, 0.717) is 0 Å². The number of nitrogens with one attached hydrogen (secondary N) is 1. The van der Waals surface area contributed by atoms with Crippen molar-refractivity contribution in [2.45, 2.75) is 12.5 Å². The lowest BCUT2D eigenvalue weighted by atomic mass is 10.0. The molecule has 0 saturated heterocycles. The molecule has 1 unspecified atom stereocenters. The number of nitrogens with two attached hydrogens (primary N) is 1. The average molecular weight is 249 g/mol. The van der Waals surface area contributed by atoms with Crippen molar-refractivity contribution in [1.82, 2.24) is 15.6 Å². The van der Waals surface area contributed by atoms with Gasteiger partial charge in [0.2, 0.25) is 0 Å². The molecule has 0 aliphatic carbocycles. The Balaban J connectivity index is 2.16. The third-order valence-electron chi connectivity index (χ3n) is 2.54. The molecule has 17 heavy (non-hydrogen) atoms. The molecule has 1 aromatic heterocycles. The predicted molar refractivity (Wildman–Crippen MR) is 67.3 cm³/mol. The third-order valence-corrected chi connectivity index (χ3v) is 2.77. The van der Waals surface area contributed by atoms with Crippen molar-refractivity contribution in [3.63, 3.8) is 0 Å². The van der Waals surface area contributed by atoms with Crippen LogP contribution in [0.25, 0.3) is 0 Å². The van der Waals surface area contributed by atoms with Gasteiger partial charge in [0, 0.05) is 11.2 Å². The highest BCUT2D eigenvalue weighted by Gasteiger charge is 2.10. The second-order valence-electron chi connectivity index (χ2n) is 3.73. The number of hydrazine groups is 1. The van der Waals surface area contributed by atoms with Gasteiger partial charge in [0.1, 0.15) is 0 Å². The summed E-state index contributed by atoms with van der Waals surface area (Å²) in [6.45, 7) is 0. The summed E-state index contributed by atoms with van der Waals surface area (Å²) in [6.07, 6.45) is 4.11. The van der Waals surface area contributed by atoms with Crippen LogP contribution in [0.3, 0.4) is 0 Å². The van der Waals surface area contributed by atoms with Gasteiger partial charge in [-0.1, -0.05) is 23.7 Å². The van der Waals surface area contributed by atoms with Gasteiger partial charge < -0.3 is 0 Å². The van der Waals surface area contributed by atoms with Crippen LogP contribution in [0.15, 0.2) is 42.7 Å². The molecule has 0 aliphatic heterocycles. The molecule has 1 atom stereocenters. The monoisotopic (exact) mass is 248 g/mol. The second kappa shape index (κ2) is 5.72. The van der Waals surface area contributed by atoms with E-state index in [1.807, 2.05) is 30.3 Å². The standard InChI is InChI=1S/C12H13ClN4/c13-11-3-1-2-9(6-11)7-12(17-14)10-4-5-15-16-8-10/h1-6,8,12,17H,7,14H2. The fourth-order valence-corrected chi connectivity index (χ4v) is 1.89. The number of hydrogen-bond donors (Lipinski definition) is 2. The highest BCUT2D eigenvalue weighted by Crippen LogP contribution is 2.18. The van der Waals surface area contributed by atoms with Crippen LogP contribution in [-0.4, -0.2) is 10.2 Å². The van der Waals surface area contributed by atoms with Crippen molar-refractivity contribution in [2.24, 2.45) is 5.84 Å². The lowest BCUT2D eigenvalue weighted by molar-refractivity contribution is 0.548. The number of hydrogen-bond acceptors (Lipinski definition) is 4. The molecule has 0 aliphatic rings. The maximum absolute atomic E-state index is 5.94. The Bertz CT molecular complexity index is 475. The summed E-state index contributed by atoms with van der Waals surface area (Å²) < 4.78 is 0. The molecule has 5 heteroatoms. The van der Waals surface area contributed by atoms with Crippen LogP contribution >= 0.6 is 11.6 Å². The molecule has 0 saturated carbocycles. The van der Waals surface area contributed by atoms with E-state index < -0.39 is 0 Å². The van der Waals surface area contributed by atoms with Crippen molar-refractivity contribution in [3.05, 3.63) is 58.9 Å². The maximum atomic E-state index is 5.94. The summed E-state index contributed by atoms with van der Waals surface area (Å²) >= 11 is 5.94. The maximum Gasteiger partial charge on any atom is 0.0544 e. The van der Waals surface area contributed by atoms with Gasteiger partial charge in [0.05, 0.1) is 12.2 Å². The van der Waals surface area contributed by atoms with Crippen LogP contribution in [0.2, 0.25) is 5.02 Å². The van der Waals surface area contributed by atoms with Crippen LogP contribution < -0.4 is 11.3 Å². The summed E-state index contributed by atoms with van der Waals surface area (Å²) in [5.41, 5.74) is 4.90. The molecule has 1 heterocycles. The Morgan fingerprint density at radius 1 is 1.29 bits per heavy atom. The van der Waals surface area contributed by atoms with Gasteiger partial charge in [-0.2, -0.15) is 10.2 Å². The van der Waals surface area contributed by atoms with Crippen molar-refractivity contribution in [1.29, 1.82) is 0 Å². The molecule has 88 valence electrons. The van der Waals surface area contributed by atoms with E-state index in [-0.39, 0.29) is 6.04 Å². The van der Waals surface area contributed by atoms with Crippen molar-refractivity contribution < 1.29 is 0 Å². The molecule has 2 rings (SSSR count). The minimum absolute atomic E-state index is 0.00367. The molecule has 0 fully saturated rings. The molecule has 0 bridgehead atoms. The Kier molecular flexibility index (Phi) is 4.03. The summed E-state index contributed by atoms with van der Waals surface area (Å²) in [4.78, 5) is 0. The fourth-order valence-electron chi connectivity index (χ4n) is 1.68. The zero-order valence-corrected chi connectivity index (χ0v) is 9.93. The van der Waals surface area contributed by atoms with E-state index in [2.05, 4.69) is 15.6 Å². The van der Waals surface area contributed by atoms with Crippen LogP contribution in [0.4, 0.5) is 0 Å². The van der Waals surface area contributed by atoms with Crippen molar-refractivity contribution in [2.75, 3.05) is 0 Å². The lowest BCUT2D eigenvalue weighted by Gasteiger charge is -2.15. The second-order valence-corrected chi connectivity index (χ2v) is 4.17. The van der Waals surface area contributed by atoms with Crippen LogP contribution in [-0.2, 0) is 6.42 Å². The quantitative estimate of drug-likeness (QED) is 0.641. The molecular weight excluding hydrogens is 236 g/mol. The van der Waals surface area contributed by atoms with Crippen molar-refractivity contribution in [3.8, 4) is 0 Å². The Hall–Kier alpha value is -1.49. The van der Waals surface area contributed by atoms with Gasteiger partial charge >= 0.3 is 0 Å².